The minimum atomic E-state index is -0.357. The van der Waals surface area contributed by atoms with Crippen molar-refractivity contribution in [1.82, 2.24) is 0 Å². The van der Waals surface area contributed by atoms with Crippen LogP contribution in [0.1, 0.15) is 33.6 Å². The Morgan fingerprint density at radius 1 is 1.46 bits per heavy atom. The summed E-state index contributed by atoms with van der Waals surface area (Å²) in [6.45, 7) is 13.7. The normalized spacial score (nSPS) is 38.5. The lowest BCUT2D eigenvalue weighted by Gasteiger charge is -2.51. The summed E-state index contributed by atoms with van der Waals surface area (Å²) in [5.41, 5.74) is 1.73. The highest BCUT2D eigenvalue weighted by molar-refractivity contribution is 5.91. The summed E-state index contributed by atoms with van der Waals surface area (Å²) in [5, 5.41) is 0. The molecule has 3 aliphatic rings. The SMILES string of the molecule is C=C1C=C[C@H](OC(=O)/C(C)=C\C)[C@]2(C)CC[C@H]3C(=C)C(=O)O[C@@H]3[C@@H]12. The first-order chi connectivity index (χ1) is 11.3. The van der Waals surface area contributed by atoms with E-state index in [2.05, 4.69) is 20.1 Å². The zero-order valence-electron chi connectivity index (χ0n) is 14.5. The molecule has 0 aromatic heterocycles. The molecule has 2 fully saturated rings. The highest BCUT2D eigenvalue weighted by Gasteiger charge is 2.58. The van der Waals surface area contributed by atoms with Crippen LogP contribution in [0.25, 0.3) is 0 Å². The van der Waals surface area contributed by atoms with Gasteiger partial charge in [-0.05, 0) is 38.3 Å². The lowest BCUT2D eigenvalue weighted by Crippen LogP contribution is -2.52. The Morgan fingerprint density at radius 2 is 2.17 bits per heavy atom. The van der Waals surface area contributed by atoms with E-state index in [9.17, 15) is 9.59 Å². The standard InChI is InChI=1S/C20H24O4/c1-6-11(2)18(21)23-15-8-7-12(3)16-17-14(9-10-20(15,16)5)13(4)19(22)24-17/h6-8,14-17H,3-4,9-10H2,1-2,5H3/b11-6-/t14-,15-,16+,17-,20-/m0/s1. The van der Waals surface area contributed by atoms with Gasteiger partial charge in [0.15, 0.2) is 0 Å². The Balaban J connectivity index is 1.93. The summed E-state index contributed by atoms with van der Waals surface area (Å²) in [4.78, 5) is 24.2. The number of esters is 2. The number of ether oxygens (including phenoxy) is 2. The minimum Gasteiger partial charge on any atom is -0.458 e. The van der Waals surface area contributed by atoms with E-state index in [-0.39, 0.29) is 41.4 Å². The van der Waals surface area contributed by atoms with Gasteiger partial charge < -0.3 is 9.47 Å². The van der Waals surface area contributed by atoms with Crippen molar-refractivity contribution in [2.24, 2.45) is 17.3 Å². The van der Waals surface area contributed by atoms with Gasteiger partial charge in [-0.25, -0.2) is 9.59 Å². The van der Waals surface area contributed by atoms with Crippen LogP contribution in [-0.2, 0) is 19.1 Å². The number of allylic oxidation sites excluding steroid dienone is 2. The monoisotopic (exact) mass is 328 g/mol. The van der Waals surface area contributed by atoms with Crippen molar-refractivity contribution in [3.63, 3.8) is 0 Å². The average molecular weight is 328 g/mol. The smallest absolute Gasteiger partial charge is 0.334 e. The molecule has 2 aliphatic carbocycles. The molecule has 0 N–H and O–H groups in total. The summed E-state index contributed by atoms with van der Waals surface area (Å²) in [5.74, 6) is -0.648. The Kier molecular flexibility index (Phi) is 4.02. The Bertz CT molecular complexity index is 684. The fourth-order valence-corrected chi connectivity index (χ4v) is 4.26. The van der Waals surface area contributed by atoms with Crippen molar-refractivity contribution in [1.29, 1.82) is 0 Å². The van der Waals surface area contributed by atoms with Gasteiger partial charge in [0.1, 0.15) is 12.2 Å². The van der Waals surface area contributed by atoms with Crippen LogP contribution in [0.2, 0.25) is 0 Å². The van der Waals surface area contributed by atoms with Crippen molar-refractivity contribution in [2.45, 2.75) is 45.8 Å². The maximum absolute atomic E-state index is 12.2. The predicted molar refractivity (Wildman–Crippen MR) is 90.9 cm³/mol. The molecule has 5 atom stereocenters. The summed E-state index contributed by atoms with van der Waals surface area (Å²) in [7, 11) is 0. The van der Waals surface area contributed by atoms with Gasteiger partial charge in [0.25, 0.3) is 0 Å². The number of fused-ring (bicyclic) bond motifs is 3. The highest BCUT2D eigenvalue weighted by Crippen LogP contribution is 2.56. The van der Waals surface area contributed by atoms with Gasteiger partial charge in [0.2, 0.25) is 0 Å². The van der Waals surface area contributed by atoms with Gasteiger partial charge in [0.05, 0.1) is 0 Å². The van der Waals surface area contributed by atoms with Gasteiger partial charge >= 0.3 is 11.9 Å². The number of rotatable bonds is 2. The van der Waals surface area contributed by atoms with Gasteiger partial charge in [-0.1, -0.05) is 32.2 Å². The van der Waals surface area contributed by atoms with E-state index in [4.69, 9.17) is 9.47 Å². The molecule has 128 valence electrons. The van der Waals surface area contributed by atoms with E-state index in [1.165, 1.54) is 0 Å². The zero-order chi connectivity index (χ0) is 17.6. The zero-order valence-corrected chi connectivity index (χ0v) is 14.5. The van der Waals surface area contributed by atoms with Crippen LogP contribution in [0.5, 0.6) is 0 Å². The van der Waals surface area contributed by atoms with Gasteiger partial charge in [0, 0.05) is 28.4 Å². The van der Waals surface area contributed by atoms with Crippen molar-refractivity contribution in [3.05, 3.63) is 48.1 Å². The maximum atomic E-state index is 12.2. The van der Waals surface area contributed by atoms with Gasteiger partial charge in [-0.2, -0.15) is 0 Å². The predicted octanol–water partition coefficient (Wildman–Crippen LogP) is 3.50. The third-order valence-electron chi connectivity index (χ3n) is 5.91. The van der Waals surface area contributed by atoms with E-state index in [1.54, 1.807) is 13.0 Å². The van der Waals surface area contributed by atoms with E-state index >= 15 is 0 Å². The van der Waals surface area contributed by atoms with Crippen molar-refractivity contribution < 1.29 is 19.1 Å². The van der Waals surface area contributed by atoms with Crippen molar-refractivity contribution in [3.8, 4) is 0 Å². The maximum Gasteiger partial charge on any atom is 0.334 e. The fraction of sp³-hybridized carbons (Fsp3) is 0.500. The second kappa shape index (κ2) is 5.76. The number of carbonyl (C=O) groups is 2. The van der Waals surface area contributed by atoms with E-state index < -0.39 is 0 Å². The van der Waals surface area contributed by atoms with E-state index in [0.29, 0.717) is 11.1 Å². The molecule has 1 saturated heterocycles. The largest absolute Gasteiger partial charge is 0.458 e. The van der Waals surface area contributed by atoms with Gasteiger partial charge in [-0.3, -0.25) is 0 Å². The molecular weight excluding hydrogens is 304 g/mol. The summed E-state index contributed by atoms with van der Waals surface area (Å²) >= 11 is 0. The van der Waals surface area contributed by atoms with Crippen LogP contribution in [0, 0.1) is 17.3 Å². The molecule has 0 aromatic rings. The summed E-state index contributed by atoms with van der Waals surface area (Å²) < 4.78 is 11.4. The lowest BCUT2D eigenvalue weighted by molar-refractivity contribution is -0.160. The highest BCUT2D eigenvalue weighted by atomic mass is 16.6. The molecule has 24 heavy (non-hydrogen) atoms. The summed E-state index contributed by atoms with van der Waals surface area (Å²) in [6.07, 6.45) is 6.56. The number of hydrogen-bond donors (Lipinski definition) is 0. The Labute approximate surface area is 142 Å². The molecule has 1 saturated carbocycles. The van der Waals surface area contributed by atoms with Crippen LogP contribution in [-0.4, -0.2) is 24.1 Å². The minimum absolute atomic E-state index is 0.0347. The third-order valence-corrected chi connectivity index (χ3v) is 5.91. The van der Waals surface area contributed by atoms with E-state index in [0.717, 1.165) is 18.4 Å². The molecule has 0 spiro atoms. The first-order valence-corrected chi connectivity index (χ1v) is 8.40. The molecule has 3 rings (SSSR count). The Morgan fingerprint density at radius 3 is 2.83 bits per heavy atom. The quantitative estimate of drug-likeness (QED) is 0.575. The molecule has 1 heterocycles. The fourth-order valence-electron chi connectivity index (χ4n) is 4.26. The molecule has 0 amide bonds. The second-order valence-corrected chi connectivity index (χ2v) is 7.26. The molecule has 0 unspecified atom stereocenters. The summed E-state index contributed by atoms with van der Waals surface area (Å²) in [6, 6.07) is 0. The molecule has 0 radical (unpaired) electrons. The Hall–Kier alpha value is -2.10. The van der Waals surface area contributed by atoms with Crippen molar-refractivity contribution >= 4 is 11.9 Å². The molecular formula is C20H24O4. The van der Waals surface area contributed by atoms with Crippen LogP contribution >= 0.6 is 0 Å². The number of hydrogen-bond acceptors (Lipinski definition) is 4. The first-order valence-electron chi connectivity index (χ1n) is 8.40. The van der Waals surface area contributed by atoms with Crippen LogP contribution in [0.3, 0.4) is 0 Å². The van der Waals surface area contributed by atoms with Crippen LogP contribution in [0.15, 0.2) is 48.1 Å². The second-order valence-electron chi connectivity index (χ2n) is 7.26. The molecule has 0 aromatic carbocycles. The first kappa shape index (κ1) is 16.7. The average Bonchev–Trinajstić information content (AvgIpc) is 2.83. The molecule has 4 heteroatoms. The van der Waals surface area contributed by atoms with E-state index in [1.807, 2.05) is 19.1 Å². The van der Waals surface area contributed by atoms with Gasteiger partial charge in [-0.15, -0.1) is 0 Å². The van der Waals surface area contributed by atoms with Crippen LogP contribution in [0.4, 0.5) is 0 Å². The molecule has 1 aliphatic heterocycles. The molecule has 0 bridgehead atoms. The topological polar surface area (TPSA) is 52.6 Å². The number of carbonyl (C=O) groups excluding carboxylic acids is 2. The third kappa shape index (κ3) is 2.36. The van der Waals surface area contributed by atoms with Crippen molar-refractivity contribution in [2.75, 3.05) is 0 Å². The molecule has 4 nitrogen and oxygen atoms in total. The lowest BCUT2D eigenvalue weighted by atomic mass is 9.56. The van der Waals surface area contributed by atoms with Crippen LogP contribution < -0.4 is 0 Å².